The van der Waals surface area contributed by atoms with Crippen LogP contribution in [0.4, 0.5) is 0 Å². The quantitative estimate of drug-likeness (QED) is 0.523. The predicted octanol–water partition coefficient (Wildman–Crippen LogP) is 4.09. The summed E-state index contributed by atoms with van der Waals surface area (Å²) in [6.07, 6.45) is 5.36. The van der Waals surface area contributed by atoms with E-state index in [9.17, 15) is 4.79 Å². The van der Waals surface area contributed by atoms with Gasteiger partial charge in [-0.15, -0.1) is 10.2 Å². The summed E-state index contributed by atoms with van der Waals surface area (Å²) >= 11 is 0. The van der Waals surface area contributed by atoms with Gasteiger partial charge in [-0.3, -0.25) is 9.78 Å². The van der Waals surface area contributed by atoms with Crippen LogP contribution in [0.2, 0.25) is 0 Å². The Morgan fingerprint density at radius 3 is 3.03 bits per heavy atom. The first kappa shape index (κ1) is 17.6. The Morgan fingerprint density at radius 1 is 1.24 bits per heavy atom. The number of aryl methyl sites for hydroxylation is 1. The van der Waals surface area contributed by atoms with Crippen LogP contribution in [0, 0.1) is 6.92 Å². The number of aromatic nitrogens is 3. The number of pyridine rings is 1. The first-order valence-corrected chi connectivity index (χ1v) is 9.70. The van der Waals surface area contributed by atoms with Gasteiger partial charge < -0.3 is 13.7 Å². The van der Waals surface area contributed by atoms with Gasteiger partial charge in [0.25, 0.3) is 5.89 Å². The second-order valence-electron chi connectivity index (χ2n) is 7.34. The van der Waals surface area contributed by atoms with E-state index in [4.69, 9.17) is 8.83 Å². The molecule has 0 radical (unpaired) electrons. The summed E-state index contributed by atoms with van der Waals surface area (Å²) < 4.78 is 11.5. The third-order valence-corrected chi connectivity index (χ3v) is 5.34. The summed E-state index contributed by atoms with van der Waals surface area (Å²) in [6, 6.07) is 11.3. The Labute approximate surface area is 167 Å². The molecule has 146 valence electrons. The molecule has 1 fully saturated rings. The highest BCUT2D eigenvalue weighted by atomic mass is 16.4. The normalized spacial score (nSPS) is 16.6. The van der Waals surface area contributed by atoms with E-state index in [-0.39, 0.29) is 18.4 Å². The summed E-state index contributed by atoms with van der Waals surface area (Å²) in [5.41, 5.74) is 3.46. The van der Waals surface area contributed by atoms with Crippen molar-refractivity contribution >= 4 is 16.9 Å². The Hall–Kier alpha value is -3.48. The van der Waals surface area contributed by atoms with Crippen molar-refractivity contribution in [3.63, 3.8) is 0 Å². The molecule has 1 saturated heterocycles. The van der Waals surface area contributed by atoms with Gasteiger partial charge in [-0.1, -0.05) is 18.2 Å². The van der Waals surface area contributed by atoms with Gasteiger partial charge in [-0.2, -0.15) is 0 Å². The molecule has 1 aliphatic heterocycles. The number of carbonyl (C=O) groups is 1. The molecule has 0 unspecified atom stereocenters. The minimum Gasteiger partial charge on any atom is -0.464 e. The summed E-state index contributed by atoms with van der Waals surface area (Å²) in [6.45, 7) is 2.70. The van der Waals surface area contributed by atoms with Crippen LogP contribution in [-0.2, 0) is 11.2 Å². The fraction of sp³-hybridized carbons (Fsp3) is 0.273. The highest BCUT2D eigenvalue weighted by Crippen LogP contribution is 2.33. The van der Waals surface area contributed by atoms with Gasteiger partial charge in [0.15, 0.2) is 0 Å². The van der Waals surface area contributed by atoms with Crippen molar-refractivity contribution in [2.75, 3.05) is 6.54 Å². The van der Waals surface area contributed by atoms with E-state index in [2.05, 4.69) is 15.2 Å². The van der Waals surface area contributed by atoms with Crippen LogP contribution in [0.3, 0.4) is 0 Å². The highest BCUT2D eigenvalue weighted by Gasteiger charge is 2.34. The molecule has 4 aromatic rings. The van der Waals surface area contributed by atoms with Crippen LogP contribution in [0.1, 0.15) is 35.9 Å². The molecule has 3 aromatic heterocycles. The number of hydrogen-bond donors (Lipinski definition) is 0. The van der Waals surface area contributed by atoms with E-state index >= 15 is 0 Å². The maximum absolute atomic E-state index is 13.1. The fourth-order valence-electron chi connectivity index (χ4n) is 3.88. The number of rotatable bonds is 4. The maximum atomic E-state index is 13.1. The van der Waals surface area contributed by atoms with Gasteiger partial charge in [0.2, 0.25) is 11.8 Å². The molecule has 5 rings (SSSR count). The molecular weight excluding hydrogens is 368 g/mol. The Balaban J connectivity index is 1.36. The number of likely N-dealkylation sites (tertiary alicyclic amines) is 1. The van der Waals surface area contributed by atoms with E-state index in [1.807, 2.05) is 48.2 Å². The summed E-state index contributed by atoms with van der Waals surface area (Å²) in [7, 11) is 0. The summed E-state index contributed by atoms with van der Waals surface area (Å²) in [5, 5.41) is 9.29. The van der Waals surface area contributed by atoms with Gasteiger partial charge in [0, 0.05) is 23.7 Å². The van der Waals surface area contributed by atoms with Crippen molar-refractivity contribution < 1.29 is 13.6 Å². The SMILES string of the molecule is Cc1ccc2c(CC(=O)N3CCC[C@@H]3c3nnc(-c4ccccn4)o3)coc2c1. The molecule has 1 aromatic carbocycles. The lowest BCUT2D eigenvalue weighted by Crippen LogP contribution is -2.32. The first-order chi connectivity index (χ1) is 14.2. The van der Waals surface area contributed by atoms with Crippen LogP contribution in [0.5, 0.6) is 0 Å². The standard InChI is InChI=1S/C22H20N4O3/c1-14-7-8-16-15(13-28-19(16)11-14)12-20(27)26-10-4-6-18(26)22-25-24-21(29-22)17-5-2-3-9-23-17/h2-3,5,7-9,11,13,18H,4,6,10,12H2,1H3/t18-/m1/s1. The number of fused-ring (bicyclic) bond motifs is 1. The lowest BCUT2D eigenvalue weighted by molar-refractivity contribution is -0.131. The molecule has 0 bridgehead atoms. The zero-order chi connectivity index (χ0) is 19.8. The lowest BCUT2D eigenvalue weighted by atomic mass is 10.1. The second kappa shape index (κ2) is 7.16. The molecule has 1 amide bonds. The molecule has 0 spiro atoms. The molecule has 7 heteroatoms. The van der Waals surface area contributed by atoms with Gasteiger partial charge in [0.1, 0.15) is 17.3 Å². The van der Waals surface area contributed by atoms with Gasteiger partial charge in [-0.25, -0.2) is 0 Å². The zero-order valence-electron chi connectivity index (χ0n) is 16.0. The number of amides is 1. The molecule has 0 aliphatic carbocycles. The Kier molecular flexibility index (Phi) is 4.35. The minimum atomic E-state index is -0.201. The minimum absolute atomic E-state index is 0.0355. The smallest absolute Gasteiger partial charge is 0.266 e. The zero-order valence-corrected chi connectivity index (χ0v) is 16.0. The lowest BCUT2D eigenvalue weighted by Gasteiger charge is -2.21. The summed E-state index contributed by atoms with van der Waals surface area (Å²) in [5.74, 6) is 0.869. The van der Waals surface area contributed by atoms with Crippen LogP contribution in [0.25, 0.3) is 22.6 Å². The monoisotopic (exact) mass is 388 g/mol. The van der Waals surface area contributed by atoms with Crippen LogP contribution in [-0.4, -0.2) is 32.5 Å². The number of hydrogen-bond acceptors (Lipinski definition) is 6. The first-order valence-electron chi connectivity index (χ1n) is 9.70. The van der Waals surface area contributed by atoms with Crippen molar-refractivity contribution in [1.29, 1.82) is 0 Å². The highest BCUT2D eigenvalue weighted by molar-refractivity contribution is 5.88. The largest absolute Gasteiger partial charge is 0.464 e. The van der Waals surface area contributed by atoms with Crippen molar-refractivity contribution in [1.82, 2.24) is 20.1 Å². The Morgan fingerprint density at radius 2 is 2.17 bits per heavy atom. The molecule has 7 nitrogen and oxygen atoms in total. The molecule has 0 N–H and O–H groups in total. The van der Waals surface area contributed by atoms with Crippen LogP contribution < -0.4 is 0 Å². The molecule has 1 atom stereocenters. The van der Waals surface area contributed by atoms with E-state index in [1.54, 1.807) is 12.5 Å². The maximum Gasteiger partial charge on any atom is 0.266 e. The third-order valence-electron chi connectivity index (χ3n) is 5.34. The molecule has 1 aliphatic rings. The third kappa shape index (κ3) is 3.29. The number of carbonyl (C=O) groups excluding carboxylic acids is 1. The average molecular weight is 388 g/mol. The van der Waals surface area contributed by atoms with Crippen molar-refractivity contribution in [2.24, 2.45) is 0 Å². The summed E-state index contributed by atoms with van der Waals surface area (Å²) in [4.78, 5) is 19.1. The number of nitrogens with zero attached hydrogens (tertiary/aromatic N) is 4. The van der Waals surface area contributed by atoms with E-state index < -0.39 is 0 Å². The Bertz CT molecular complexity index is 1170. The van der Waals surface area contributed by atoms with E-state index in [0.717, 1.165) is 34.9 Å². The number of furan rings is 1. The molecule has 29 heavy (non-hydrogen) atoms. The van der Waals surface area contributed by atoms with Crippen LogP contribution >= 0.6 is 0 Å². The van der Waals surface area contributed by atoms with Crippen molar-refractivity contribution in [3.05, 3.63) is 65.9 Å². The van der Waals surface area contributed by atoms with Gasteiger partial charge in [0.05, 0.1) is 12.7 Å². The van der Waals surface area contributed by atoms with Crippen molar-refractivity contribution in [2.45, 2.75) is 32.2 Å². The second-order valence-corrected chi connectivity index (χ2v) is 7.34. The van der Waals surface area contributed by atoms with Gasteiger partial charge in [-0.05, 0) is 43.5 Å². The number of benzene rings is 1. The molecule has 4 heterocycles. The average Bonchev–Trinajstić information content (AvgIpc) is 3.48. The molecular formula is C22H20N4O3. The fourth-order valence-corrected chi connectivity index (χ4v) is 3.88. The predicted molar refractivity (Wildman–Crippen MR) is 106 cm³/mol. The van der Waals surface area contributed by atoms with E-state index in [1.165, 1.54) is 0 Å². The van der Waals surface area contributed by atoms with E-state index in [0.29, 0.717) is 24.0 Å². The van der Waals surface area contributed by atoms with Crippen LogP contribution in [0.15, 0.2) is 57.7 Å². The van der Waals surface area contributed by atoms with Crippen molar-refractivity contribution in [3.8, 4) is 11.6 Å². The molecule has 0 saturated carbocycles. The van der Waals surface area contributed by atoms with Gasteiger partial charge >= 0.3 is 0 Å². The topological polar surface area (TPSA) is 85.3 Å².